The predicted octanol–water partition coefficient (Wildman–Crippen LogP) is 2.56. The van der Waals surface area contributed by atoms with Crippen LogP contribution in [0.1, 0.15) is 12.5 Å². The Morgan fingerprint density at radius 1 is 1.58 bits per heavy atom. The maximum Gasteiger partial charge on any atom is 0.165 e. The molecular formula is C10H10FO. The Balaban J connectivity index is 2.94. The van der Waals surface area contributed by atoms with Crippen LogP contribution >= 0.6 is 0 Å². The summed E-state index contributed by atoms with van der Waals surface area (Å²) in [6, 6.07) is 4.63. The fraction of sp³-hybridized carbons (Fsp3) is 0.200. The Bertz CT molecular complexity index is 281. The first-order valence-corrected chi connectivity index (χ1v) is 3.73. The topological polar surface area (TPSA) is 9.23 Å². The van der Waals surface area contributed by atoms with Crippen LogP contribution in [0.4, 0.5) is 4.39 Å². The largest absolute Gasteiger partial charge is 0.491 e. The van der Waals surface area contributed by atoms with Gasteiger partial charge in [-0.15, -0.1) is 0 Å². The number of rotatable bonds is 3. The number of benzene rings is 1. The summed E-state index contributed by atoms with van der Waals surface area (Å²) in [5.74, 6) is -0.0954. The van der Waals surface area contributed by atoms with Crippen LogP contribution in [0.25, 0.3) is 0 Å². The van der Waals surface area contributed by atoms with Gasteiger partial charge in [0.25, 0.3) is 0 Å². The zero-order valence-electron chi connectivity index (χ0n) is 6.93. The second-order valence-electron chi connectivity index (χ2n) is 2.25. The van der Waals surface area contributed by atoms with Crippen molar-refractivity contribution in [2.24, 2.45) is 0 Å². The molecule has 0 N–H and O–H groups in total. The summed E-state index contributed by atoms with van der Waals surface area (Å²) in [5, 5.41) is 0. The molecule has 0 unspecified atom stereocenters. The monoisotopic (exact) mass is 165 g/mol. The van der Waals surface area contributed by atoms with Gasteiger partial charge in [-0.05, 0) is 30.7 Å². The van der Waals surface area contributed by atoms with Crippen molar-refractivity contribution in [3.63, 3.8) is 0 Å². The molecule has 12 heavy (non-hydrogen) atoms. The van der Waals surface area contributed by atoms with Gasteiger partial charge in [0.1, 0.15) is 0 Å². The van der Waals surface area contributed by atoms with E-state index in [0.717, 1.165) is 0 Å². The summed E-state index contributed by atoms with van der Waals surface area (Å²) in [7, 11) is 0. The van der Waals surface area contributed by atoms with E-state index in [1.807, 2.05) is 6.92 Å². The fourth-order valence-electron chi connectivity index (χ4n) is 0.883. The first-order valence-electron chi connectivity index (χ1n) is 3.73. The number of hydrogen-bond donors (Lipinski definition) is 0. The van der Waals surface area contributed by atoms with E-state index in [-0.39, 0.29) is 11.6 Å². The molecule has 0 aliphatic carbocycles. The summed E-state index contributed by atoms with van der Waals surface area (Å²) in [6.45, 7) is 5.69. The Morgan fingerprint density at radius 3 is 2.83 bits per heavy atom. The minimum absolute atomic E-state index is 0.275. The van der Waals surface area contributed by atoms with Crippen molar-refractivity contribution in [3.05, 3.63) is 42.2 Å². The van der Waals surface area contributed by atoms with Crippen molar-refractivity contribution in [3.8, 4) is 5.75 Å². The lowest BCUT2D eigenvalue weighted by molar-refractivity contribution is 0.321. The molecule has 2 heteroatoms. The van der Waals surface area contributed by atoms with Crippen LogP contribution in [-0.4, -0.2) is 6.61 Å². The van der Waals surface area contributed by atoms with Crippen molar-refractivity contribution in [1.82, 2.24) is 0 Å². The SMILES string of the molecule is C=[C]c1ccc(OCC)c(F)c1. The summed E-state index contributed by atoms with van der Waals surface area (Å²) in [6.07, 6.45) is 2.59. The normalized spacial score (nSPS) is 9.50. The van der Waals surface area contributed by atoms with E-state index in [1.165, 1.54) is 6.07 Å². The van der Waals surface area contributed by atoms with Gasteiger partial charge in [-0.25, -0.2) is 4.39 Å². The standard InChI is InChI=1S/C10H10FO/c1-3-8-5-6-10(12-4-2)9(11)7-8/h5-7H,1,4H2,2H3. The fourth-order valence-corrected chi connectivity index (χ4v) is 0.883. The van der Waals surface area contributed by atoms with Crippen molar-refractivity contribution >= 4 is 0 Å². The van der Waals surface area contributed by atoms with E-state index in [4.69, 9.17) is 4.74 Å². The zero-order valence-corrected chi connectivity index (χ0v) is 6.93. The number of halogens is 1. The van der Waals surface area contributed by atoms with Crippen LogP contribution in [0.5, 0.6) is 5.75 Å². The van der Waals surface area contributed by atoms with E-state index in [0.29, 0.717) is 12.2 Å². The van der Waals surface area contributed by atoms with Crippen molar-refractivity contribution in [1.29, 1.82) is 0 Å². The summed E-state index contributed by atoms with van der Waals surface area (Å²) in [4.78, 5) is 0. The van der Waals surface area contributed by atoms with Crippen LogP contribution < -0.4 is 4.74 Å². The number of hydrogen-bond acceptors (Lipinski definition) is 1. The molecule has 0 aromatic heterocycles. The third-order valence-corrected chi connectivity index (χ3v) is 1.44. The Labute approximate surface area is 71.5 Å². The molecule has 0 aliphatic heterocycles. The van der Waals surface area contributed by atoms with Gasteiger partial charge in [0.2, 0.25) is 0 Å². The quantitative estimate of drug-likeness (QED) is 0.668. The van der Waals surface area contributed by atoms with Crippen molar-refractivity contribution in [2.75, 3.05) is 6.61 Å². The highest BCUT2D eigenvalue weighted by Gasteiger charge is 2.01. The lowest BCUT2D eigenvalue weighted by Crippen LogP contribution is -1.94. The third kappa shape index (κ3) is 1.84. The maximum absolute atomic E-state index is 13.0. The molecule has 0 saturated carbocycles. The molecular weight excluding hydrogens is 155 g/mol. The second kappa shape index (κ2) is 3.90. The van der Waals surface area contributed by atoms with Gasteiger partial charge in [-0.1, -0.05) is 12.6 Å². The minimum atomic E-state index is -0.370. The van der Waals surface area contributed by atoms with Gasteiger partial charge in [-0.3, -0.25) is 0 Å². The lowest BCUT2D eigenvalue weighted by Gasteiger charge is -2.03. The molecule has 1 rings (SSSR count). The molecule has 0 bridgehead atoms. The van der Waals surface area contributed by atoms with E-state index in [2.05, 4.69) is 12.7 Å². The minimum Gasteiger partial charge on any atom is -0.491 e. The number of ether oxygens (including phenoxy) is 1. The molecule has 0 amide bonds. The molecule has 0 atom stereocenters. The lowest BCUT2D eigenvalue weighted by atomic mass is 10.2. The second-order valence-corrected chi connectivity index (χ2v) is 2.25. The van der Waals surface area contributed by atoms with Crippen molar-refractivity contribution < 1.29 is 9.13 Å². The highest BCUT2D eigenvalue weighted by molar-refractivity contribution is 5.31. The highest BCUT2D eigenvalue weighted by atomic mass is 19.1. The van der Waals surface area contributed by atoms with Crippen molar-refractivity contribution in [2.45, 2.75) is 6.92 Å². The van der Waals surface area contributed by atoms with Crippen LogP contribution in [0.2, 0.25) is 0 Å². The van der Waals surface area contributed by atoms with E-state index in [1.54, 1.807) is 12.1 Å². The van der Waals surface area contributed by atoms with Crippen LogP contribution in [-0.2, 0) is 0 Å². The highest BCUT2D eigenvalue weighted by Crippen LogP contribution is 2.17. The molecule has 0 heterocycles. The van der Waals surface area contributed by atoms with E-state index >= 15 is 0 Å². The summed E-state index contributed by atoms with van der Waals surface area (Å²) < 4.78 is 18.0. The van der Waals surface area contributed by atoms with Gasteiger partial charge in [0, 0.05) is 0 Å². The van der Waals surface area contributed by atoms with Crippen LogP contribution in [0.3, 0.4) is 0 Å². The average molecular weight is 165 g/mol. The maximum atomic E-state index is 13.0. The van der Waals surface area contributed by atoms with Gasteiger partial charge in [0.05, 0.1) is 6.61 Å². The Kier molecular flexibility index (Phi) is 2.86. The summed E-state index contributed by atoms with van der Waals surface area (Å²) >= 11 is 0. The molecule has 0 spiro atoms. The van der Waals surface area contributed by atoms with Crippen LogP contribution in [0.15, 0.2) is 24.8 Å². The molecule has 1 nitrogen and oxygen atoms in total. The van der Waals surface area contributed by atoms with Gasteiger partial charge in [0.15, 0.2) is 11.6 Å². The van der Waals surface area contributed by atoms with E-state index < -0.39 is 0 Å². The molecule has 0 fully saturated rings. The van der Waals surface area contributed by atoms with Gasteiger partial charge < -0.3 is 4.74 Å². The Morgan fingerprint density at radius 2 is 2.33 bits per heavy atom. The average Bonchev–Trinajstić information content (AvgIpc) is 2.09. The molecule has 1 aromatic carbocycles. The van der Waals surface area contributed by atoms with Gasteiger partial charge >= 0.3 is 0 Å². The molecule has 0 aliphatic rings. The third-order valence-electron chi connectivity index (χ3n) is 1.44. The van der Waals surface area contributed by atoms with Crippen LogP contribution in [0, 0.1) is 11.9 Å². The zero-order chi connectivity index (χ0) is 8.97. The van der Waals surface area contributed by atoms with Gasteiger partial charge in [-0.2, -0.15) is 0 Å². The van der Waals surface area contributed by atoms with E-state index in [9.17, 15) is 4.39 Å². The molecule has 63 valence electrons. The molecule has 0 saturated heterocycles. The predicted molar refractivity (Wildman–Crippen MR) is 45.5 cm³/mol. The molecule has 1 radical (unpaired) electrons. The first-order chi connectivity index (χ1) is 5.77. The summed E-state index contributed by atoms with van der Waals surface area (Å²) in [5.41, 5.74) is 0.635. The first kappa shape index (κ1) is 8.78. The molecule has 1 aromatic rings. The Hall–Kier alpha value is -1.31. The smallest absolute Gasteiger partial charge is 0.165 e.